The number of rotatable bonds is 2. The van der Waals surface area contributed by atoms with Crippen molar-refractivity contribution in [1.29, 1.82) is 0 Å². The third-order valence-corrected chi connectivity index (χ3v) is 6.97. The van der Waals surface area contributed by atoms with Gasteiger partial charge in [-0.15, -0.1) is 11.3 Å². The Morgan fingerprint density at radius 2 is 1.41 bits per heavy atom. The Balaban J connectivity index is 1.64. The number of benzene rings is 4. The highest BCUT2D eigenvalue weighted by molar-refractivity contribution is 7.17. The number of hydrogen-bond donors (Lipinski definition) is 0. The van der Waals surface area contributed by atoms with E-state index in [1.807, 2.05) is 18.2 Å². The van der Waals surface area contributed by atoms with Gasteiger partial charge in [-0.3, -0.25) is 4.57 Å². The molecule has 0 aliphatic carbocycles. The molecule has 4 heteroatoms. The predicted octanol–water partition coefficient (Wildman–Crippen LogP) is 7.61. The number of hydrogen-bond acceptors (Lipinski definition) is 3. The van der Waals surface area contributed by atoms with E-state index < -0.39 is 0 Å². The normalized spacial score (nSPS) is 11.8. The molecule has 0 bridgehead atoms. The Labute approximate surface area is 188 Å². The molecular formula is C28H17N3S. The van der Waals surface area contributed by atoms with E-state index in [4.69, 9.17) is 9.97 Å². The van der Waals surface area contributed by atoms with Crippen molar-refractivity contribution in [3.05, 3.63) is 102 Å². The second-order valence-electron chi connectivity index (χ2n) is 7.94. The van der Waals surface area contributed by atoms with Gasteiger partial charge in [0.1, 0.15) is 0 Å². The van der Waals surface area contributed by atoms with Crippen molar-refractivity contribution < 1.29 is 0 Å². The monoisotopic (exact) mass is 427 g/mol. The summed E-state index contributed by atoms with van der Waals surface area (Å²) in [5.74, 6) is 0.699. The highest BCUT2D eigenvalue weighted by Crippen LogP contribution is 2.36. The van der Waals surface area contributed by atoms with E-state index in [0.29, 0.717) is 5.95 Å². The van der Waals surface area contributed by atoms with Crippen LogP contribution in [0.2, 0.25) is 0 Å². The molecule has 0 aliphatic rings. The van der Waals surface area contributed by atoms with Crippen LogP contribution in [0.5, 0.6) is 0 Å². The molecule has 0 unspecified atom stereocenters. The summed E-state index contributed by atoms with van der Waals surface area (Å²) in [5, 5.41) is 6.92. The minimum Gasteiger partial charge on any atom is -0.278 e. The molecule has 3 heterocycles. The van der Waals surface area contributed by atoms with Gasteiger partial charge in [0.05, 0.1) is 22.2 Å². The summed E-state index contributed by atoms with van der Waals surface area (Å²) in [6.07, 6.45) is 0. The molecule has 0 atom stereocenters. The van der Waals surface area contributed by atoms with Crippen LogP contribution in [0.4, 0.5) is 0 Å². The van der Waals surface area contributed by atoms with Crippen LogP contribution in [0.25, 0.3) is 60.0 Å². The van der Waals surface area contributed by atoms with E-state index in [0.717, 1.165) is 33.2 Å². The molecule has 0 saturated heterocycles. The Morgan fingerprint density at radius 3 is 2.31 bits per heavy atom. The van der Waals surface area contributed by atoms with Gasteiger partial charge in [-0.05, 0) is 41.1 Å². The largest absolute Gasteiger partial charge is 0.278 e. The maximum Gasteiger partial charge on any atom is 0.235 e. The zero-order valence-electron chi connectivity index (χ0n) is 17.1. The lowest BCUT2D eigenvalue weighted by Gasteiger charge is -2.11. The molecule has 0 fully saturated rings. The van der Waals surface area contributed by atoms with Crippen LogP contribution in [0.3, 0.4) is 0 Å². The van der Waals surface area contributed by atoms with Crippen molar-refractivity contribution >= 4 is 54.1 Å². The average Bonchev–Trinajstić information content (AvgIpc) is 3.44. The van der Waals surface area contributed by atoms with E-state index in [1.165, 1.54) is 20.9 Å². The van der Waals surface area contributed by atoms with Gasteiger partial charge < -0.3 is 0 Å². The molecule has 3 aromatic heterocycles. The number of para-hydroxylation sites is 2. The highest BCUT2D eigenvalue weighted by atomic mass is 32.1. The van der Waals surface area contributed by atoms with E-state index in [1.54, 1.807) is 11.3 Å². The first-order chi connectivity index (χ1) is 15.9. The maximum atomic E-state index is 5.14. The van der Waals surface area contributed by atoms with Gasteiger partial charge in [0.25, 0.3) is 0 Å². The Bertz CT molecular complexity index is 1780. The molecule has 0 saturated carbocycles. The second-order valence-corrected chi connectivity index (χ2v) is 8.88. The SMILES string of the molecule is c1ccc(-c2nc(-n3c4ccccc4c4cc5ccsc5cc43)nc3ccccc23)cc1. The molecule has 0 amide bonds. The number of fused-ring (bicyclic) bond motifs is 5. The average molecular weight is 428 g/mol. The minimum atomic E-state index is 0.699. The number of aromatic nitrogens is 3. The van der Waals surface area contributed by atoms with Crippen molar-refractivity contribution in [3.8, 4) is 17.2 Å². The molecule has 0 aliphatic heterocycles. The van der Waals surface area contributed by atoms with Crippen LogP contribution in [0.1, 0.15) is 0 Å². The summed E-state index contributed by atoms with van der Waals surface area (Å²) in [7, 11) is 0. The molecule has 7 aromatic rings. The minimum absolute atomic E-state index is 0.699. The molecule has 7 rings (SSSR count). The molecule has 0 radical (unpaired) electrons. The molecule has 0 N–H and O–H groups in total. The third kappa shape index (κ3) is 2.53. The number of thiophene rings is 1. The zero-order valence-corrected chi connectivity index (χ0v) is 17.9. The third-order valence-electron chi connectivity index (χ3n) is 6.09. The maximum absolute atomic E-state index is 5.14. The van der Waals surface area contributed by atoms with Gasteiger partial charge in [0.15, 0.2) is 0 Å². The van der Waals surface area contributed by atoms with Crippen LogP contribution in [0, 0.1) is 0 Å². The van der Waals surface area contributed by atoms with Crippen LogP contribution in [0.15, 0.2) is 102 Å². The van der Waals surface area contributed by atoms with Crippen LogP contribution < -0.4 is 0 Å². The lowest BCUT2D eigenvalue weighted by atomic mass is 10.1. The van der Waals surface area contributed by atoms with Crippen molar-refractivity contribution in [3.63, 3.8) is 0 Å². The molecule has 4 aromatic carbocycles. The van der Waals surface area contributed by atoms with Gasteiger partial charge in [-0.1, -0.05) is 66.7 Å². The summed E-state index contributed by atoms with van der Waals surface area (Å²) in [5.41, 5.74) is 5.24. The van der Waals surface area contributed by atoms with E-state index >= 15 is 0 Å². The molecule has 32 heavy (non-hydrogen) atoms. The Kier molecular flexibility index (Phi) is 3.72. The smallest absolute Gasteiger partial charge is 0.235 e. The molecule has 0 spiro atoms. The molecular weight excluding hydrogens is 410 g/mol. The zero-order chi connectivity index (χ0) is 21.1. The van der Waals surface area contributed by atoms with E-state index in [2.05, 4.69) is 88.8 Å². The van der Waals surface area contributed by atoms with Gasteiger partial charge in [-0.25, -0.2) is 9.97 Å². The summed E-state index contributed by atoms with van der Waals surface area (Å²) in [6, 6.07) is 33.9. The fraction of sp³-hybridized carbons (Fsp3) is 0. The number of nitrogens with zero attached hydrogens (tertiary/aromatic N) is 3. The lowest BCUT2D eigenvalue weighted by molar-refractivity contribution is 1.01. The van der Waals surface area contributed by atoms with Gasteiger partial charge >= 0.3 is 0 Å². The van der Waals surface area contributed by atoms with Crippen LogP contribution >= 0.6 is 11.3 Å². The van der Waals surface area contributed by atoms with Crippen molar-refractivity contribution in [1.82, 2.24) is 14.5 Å². The fourth-order valence-electron chi connectivity index (χ4n) is 4.62. The van der Waals surface area contributed by atoms with E-state index in [9.17, 15) is 0 Å². The standard InChI is InChI=1S/C28H17N3S/c1-2-8-18(9-3-1)27-21-11-4-6-12-23(21)29-28(30-27)31-24-13-7-5-10-20(24)22-16-19-14-15-32-26(19)17-25(22)31/h1-17H. The van der Waals surface area contributed by atoms with Crippen molar-refractivity contribution in [2.24, 2.45) is 0 Å². The van der Waals surface area contributed by atoms with Crippen molar-refractivity contribution in [2.75, 3.05) is 0 Å². The predicted molar refractivity (Wildman–Crippen MR) is 135 cm³/mol. The summed E-state index contributed by atoms with van der Waals surface area (Å²) in [4.78, 5) is 10.2. The van der Waals surface area contributed by atoms with Gasteiger partial charge in [0.2, 0.25) is 5.95 Å². The summed E-state index contributed by atoms with van der Waals surface area (Å²) in [6.45, 7) is 0. The Morgan fingerprint density at radius 1 is 0.625 bits per heavy atom. The van der Waals surface area contributed by atoms with Gasteiger partial charge in [-0.2, -0.15) is 0 Å². The summed E-state index contributed by atoms with van der Waals surface area (Å²) >= 11 is 1.76. The fourth-order valence-corrected chi connectivity index (χ4v) is 5.43. The van der Waals surface area contributed by atoms with Crippen LogP contribution in [-0.4, -0.2) is 14.5 Å². The summed E-state index contributed by atoms with van der Waals surface area (Å²) < 4.78 is 3.48. The Hall–Kier alpha value is -4.02. The van der Waals surface area contributed by atoms with Crippen LogP contribution in [-0.2, 0) is 0 Å². The first-order valence-corrected chi connectivity index (χ1v) is 11.5. The topological polar surface area (TPSA) is 30.7 Å². The van der Waals surface area contributed by atoms with Gasteiger partial charge in [0, 0.05) is 26.4 Å². The first kappa shape index (κ1) is 17.6. The highest BCUT2D eigenvalue weighted by Gasteiger charge is 2.17. The van der Waals surface area contributed by atoms with Crippen molar-refractivity contribution in [2.45, 2.75) is 0 Å². The second kappa shape index (κ2) is 6.74. The first-order valence-electron chi connectivity index (χ1n) is 10.6. The van der Waals surface area contributed by atoms with E-state index in [-0.39, 0.29) is 0 Å². The molecule has 150 valence electrons. The lowest BCUT2D eigenvalue weighted by Crippen LogP contribution is -2.03. The quantitative estimate of drug-likeness (QED) is 0.284. The molecule has 3 nitrogen and oxygen atoms in total.